The quantitative estimate of drug-likeness (QED) is 0.566. The van der Waals surface area contributed by atoms with Crippen molar-refractivity contribution in [1.82, 2.24) is 19.7 Å². The molecular weight excluding hydrogens is 344 g/mol. The van der Waals surface area contributed by atoms with Crippen LogP contribution in [0.25, 0.3) is 16.6 Å². The Hall–Kier alpha value is -2.85. The molecule has 1 N–H and O–H groups in total. The van der Waals surface area contributed by atoms with Crippen LogP contribution in [-0.2, 0) is 6.42 Å². The Morgan fingerprint density at radius 1 is 1.04 bits per heavy atom. The van der Waals surface area contributed by atoms with Crippen LogP contribution in [0.2, 0.25) is 0 Å². The monoisotopic (exact) mass is 368 g/mol. The summed E-state index contributed by atoms with van der Waals surface area (Å²) in [4.78, 5) is 6.06. The average Bonchev–Trinajstić information content (AvgIpc) is 3.38. The largest absolute Gasteiger partial charge is 0.361 e. The van der Waals surface area contributed by atoms with Gasteiger partial charge >= 0.3 is 0 Å². The molecule has 28 heavy (non-hydrogen) atoms. The maximum absolute atomic E-state index is 4.65. The van der Waals surface area contributed by atoms with Gasteiger partial charge in [0.25, 0.3) is 0 Å². The van der Waals surface area contributed by atoms with Crippen LogP contribution in [-0.4, -0.2) is 39.3 Å². The molecule has 0 radical (unpaired) electrons. The molecular formula is C24H24N4. The van der Waals surface area contributed by atoms with Crippen molar-refractivity contribution in [1.29, 1.82) is 0 Å². The van der Waals surface area contributed by atoms with Crippen LogP contribution in [0.5, 0.6) is 0 Å². The Labute approximate surface area is 164 Å². The summed E-state index contributed by atoms with van der Waals surface area (Å²) in [6.45, 7) is 1.08. The minimum atomic E-state index is 0.477. The van der Waals surface area contributed by atoms with E-state index in [1.165, 1.54) is 34.1 Å². The first-order valence-electron chi connectivity index (χ1n) is 10.2. The van der Waals surface area contributed by atoms with E-state index in [9.17, 15) is 0 Å². The summed E-state index contributed by atoms with van der Waals surface area (Å²) in [5.74, 6) is 1.04. The van der Waals surface area contributed by atoms with Crippen LogP contribution in [0.1, 0.15) is 35.1 Å². The lowest BCUT2D eigenvalue weighted by Crippen LogP contribution is -2.47. The van der Waals surface area contributed by atoms with E-state index in [0.29, 0.717) is 17.9 Å². The SMILES string of the molecule is CN1C[C@H](c2ccnn2-c2ccccc2)CC2c3cccc4[nH]cc(c34)C[C@H]21. The molecule has 4 aromatic rings. The van der Waals surface area contributed by atoms with Crippen LogP contribution >= 0.6 is 0 Å². The summed E-state index contributed by atoms with van der Waals surface area (Å²) in [6.07, 6.45) is 6.48. The van der Waals surface area contributed by atoms with Crippen LogP contribution in [0.4, 0.5) is 0 Å². The Kier molecular flexibility index (Phi) is 3.50. The zero-order valence-electron chi connectivity index (χ0n) is 16.0. The van der Waals surface area contributed by atoms with Crippen molar-refractivity contribution in [2.24, 2.45) is 0 Å². The second kappa shape index (κ2) is 6.08. The number of nitrogens with zero attached hydrogens (tertiary/aromatic N) is 3. The number of aromatic amines is 1. The van der Waals surface area contributed by atoms with Gasteiger partial charge in [-0.25, -0.2) is 4.68 Å². The van der Waals surface area contributed by atoms with Crippen molar-refractivity contribution in [2.45, 2.75) is 30.7 Å². The van der Waals surface area contributed by atoms with Crippen LogP contribution in [0.15, 0.2) is 67.0 Å². The fourth-order valence-corrected chi connectivity index (χ4v) is 5.56. The van der Waals surface area contributed by atoms with E-state index in [1.54, 1.807) is 0 Å². The molecule has 0 amide bonds. The number of nitrogens with one attached hydrogen (secondary N) is 1. The van der Waals surface area contributed by atoms with Crippen molar-refractivity contribution < 1.29 is 0 Å². The van der Waals surface area contributed by atoms with Crippen molar-refractivity contribution in [3.8, 4) is 5.69 Å². The molecule has 2 aliphatic rings. The third kappa shape index (κ3) is 2.31. The third-order valence-electron chi connectivity index (χ3n) is 6.82. The van der Waals surface area contributed by atoms with E-state index in [4.69, 9.17) is 0 Å². The molecule has 2 aromatic carbocycles. The van der Waals surface area contributed by atoms with Gasteiger partial charge in [0, 0.05) is 53.4 Å². The Bertz CT molecular complexity index is 1140. The molecule has 4 heteroatoms. The zero-order chi connectivity index (χ0) is 18.7. The first kappa shape index (κ1) is 16.1. The molecule has 1 fully saturated rings. The Balaban J connectivity index is 1.42. The van der Waals surface area contributed by atoms with Gasteiger partial charge in [-0.1, -0.05) is 30.3 Å². The maximum Gasteiger partial charge on any atom is 0.0648 e. The number of likely N-dealkylation sites (N-methyl/N-ethyl adjacent to an activating group) is 1. The first-order chi connectivity index (χ1) is 13.8. The van der Waals surface area contributed by atoms with E-state index >= 15 is 0 Å². The Morgan fingerprint density at radius 2 is 1.93 bits per heavy atom. The molecule has 0 bridgehead atoms. The number of hydrogen-bond donors (Lipinski definition) is 1. The van der Waals surface area contributed by atoms with E-state index in [1.807, 2.05) is 6.20 Å². The summed E-state index contributed by atoms with van der Waals surface area (Å²) in [7, 11) is 2.30. The number of aromatic nitrogens is 3. The molecule has 1 aliphatic carbocycles. The van der Waals surface area contributed by atoms with Crippen molar-refractivity contribution in [3.05, 3.63) is 83.8 Å². The third-order valence-corrected chi connectivity index (χ3v) is 6.82. The lowest BCUT2D eigenvalue weighted by atomic mass is 9.72. The van der Waals surface area contributed by atoms with Crippen LogP contribution in [0, 0.1) is 0 Å². The smallest absolute Gasteiger partial charge is 0.0648 e. The summed E-state index contributed by atoms with van der Waals surface area (Å²) in [5.41, 5.74) is 6.75. The van der Waals surface area contributed by atoms with E-state index in [0.717, 1.165) is 18.7 Å². The molecule has 4 nitrogen and oxygen atoms in total. The molecule has 6 rings (SSSR count). The zero-order valence-corrected chi connectivity index (χ0v) is 16.0. The predicted octanol–water partition coefficient (Wildman–Crippen LogP) is 4.48. The molecule has 3 heterocycles. The van der Waals surface area contributed by atoms with E-state index < -0.39 is 0 Å². The summed E-state index contributed by atoms with van der Waals surface area (Å²) < 4.78 is 2.13. The highest BCUT2D eigenvalue weighted by molar-refractivity contribution is 5.88. The number of piperidine rings is 1. The van der Waals surface area contributed by atoms with E-state index in [-0.39, 0.29) is 0 Å². The highest BCUT2D eigenvalue weighted by atomic mass is 15.3. The summed E-state index contributed by atoms with van der Waals surface area (Å²) in [6, 6.07) is 20.0. The predicted molar refractivity (Wildman–Crippen MR) is 112 cm³/mol. The number of likely N-dealkylation sites (tertiary alicyclic amines) is 1. The van der Waals surface area contributed by atoms with Crippen LogP contribution < -0.4 is 0 Å². The number of rotatable bonds is 2. The number of H-pyrrole nitrogens is 1. The number of benzene rings is 2. The number of fused-ring (bicyclic) bond motifs is 2. The topological polar surface area (TPSA) is 36.9 Å². The second-order valence-electron chi connectivity index (χ2n) is 8.34. The molecule has 1 saturated heterocycles. The normalized spacial score (nSPS) is 24.4. The molecule has 3 atom stereocenters. The lowest BCUT2D eigenvalue weighted by molar-refractivity contribution is 0.137. The fourth-order valence-electron chi connectivity index (χ4n) is 5.56. The standard InChI is InChI=1S/C24H24N4/c1-27-15-17(22-10-11-26-28(22)18-6-3-2-4-7-18)12-20-19-8-5-9-21-24(19)16(14-25-21)13-23(20)27/h2-11,14,17,20,23,25H,12-13,15H2,1H3/t17-,20?,23-/m1/s1. The molecule has 2 aromatic heterocycles. The minimum Gasteiger partial charge on any atom is -0.361 e. The van der Waals surface area contributed by atoms with E-state index in [2.05, 4.69) is 87.5 Å². The molecule has 0 saturated carbocycles. The van der Waals surface area contributed by atoms with Gasteiger partial charge in [-0.3, -0.25) is 0 Å². The van der Waals surface area contributed by atoms with Gasteiger partial charge in [0.2, 0.25) is 0 Å². The van der Waals surface area contributed by atoms with Gasteiger partial charge in [-0.15, -0.1) is 0 Å². The van der Waals surface area contributed by atoms with Gasteiger partial charge in [0.15, 0.2) is 0 Å². The van der Waals surface area contributed by atoms with Crippen molar-refractivity contribution in [2.75, 3.05) is 13.6 Å². The van der Waals surface area contributed by atoms with Crippen molar-refractivity contribution in [3.63, 3.8) is 0 Å². The second-order valence-corrected chi connectivity index (χ2v) is 8.34. The number of para-hydroxylation sites is 1. The van der Waals surface area contributed by atoms with Gasteiger partial charge in [-0.05, 0) is 55.3 Å². The first-order valence-corrected chi connectivity index (χ1v) is 10.2. The molecule has 1 aliphatic heterocycles. The highest BCUT2D eigenvalue weighted by Gasteiger charge is 2.40. The van der Waals surface area contributed by atoms with Gasteiger partial charge in [0.1, 0.15) is 0 Å². The molecule has 140 valence electrons. The van der Waals surface area contributed by atoms with Gasteiger partial charge < -0.3 is 9.88 Å². The van der Waals surface area contributed by atoms with Crippen molar-refractivity contribution >= 4 is 10.9 Å². The Morgan fingerprint density at radius 3 is 2.82 bits per heavy atom. The summed E-state index contributed by atoms with van der Waals surface area (Å²) in [5, 5.41) is 6.12. The highest BCUT2D eigenvalue weighted by Crippen LogP contribution is 2.46. The molecule has 0 spiro atoms. The van der Waals surface area contributed by atoms with Gasteiger partial charge in [-0.2, -0.15) is 5.10 Å². The minimum absolute atomic E-state index is 0.477. The van der Waals surface area contributed by atoms with Gasteiger partial charge in [0.05, 0.1) is 5.69 Å². The lowest BCUT2D eigenvalue weighted by Gasteiger charge is -2.45. The van der Waals surface area contributed by atoms with Crippen LogP contribution in [0.3, 0.4) is 0 Å². The fraction of sp³-hybridized carbons (Fsp3) is 0.292. The average molecular weight is 368 g/mol. The maximum atomic E-state index is 4.65. The molecule has 1 unspecified atom stereocenters. The summed E-state index contributed by atoms with van der Waals surface area (Å²) >= 11 is 0. The number of hydrogen-bond acceptors (Lipinski definition) is 2.